The lowest BCUT2D eigenvalue weighted by molar-refractivity contribution is -0.123. The van der Waals surface area contributed by atoms with Crippen molar-refractivity contribution in [1.29, 1.82) is 0 Å². The van der Waals surface area contributed by atoms with E-state index in [2.05, 4.69) is 24.4 Å². The van der Waals surface area contributed by atoms with Gasteiger partial charge in [-0.3, -0.25) is 4.79 Å². The predicted octanol–water partition coefficient (Wildman–Crippen LogP) is 6.77. The van der Waals surface area contributed by atoms with Crippen LogP contribution < -0.4 is 14.9 Å². The smallest absolute Gasteiger partial charge is 0.277 e. The summed E-state index contributed by atoms with van der Waals surface area (Å²) in [7, 11) is 0. The Balaban J connectivity index is 1.27. The largest absolute Gasteiger partial charge is 0.489 e. The van der Waals surface area contributed by atoms with E-state index < -0.39 is 0 Å². The molecule has 0 spiro atoms. The molecule has 0 radical (unpaired) electrons. The first-order valence-corrected chi connectivity index (χ1v) is 13.5. The Hall–Kier alpha value is -5.17. The SMILES string of the molecule is CC(C)c1ccc(OCC(=O)N/N=C\c2cn(-c3ccccc3)nc2-c2ccc(OCc3ccccc3)cc2)cc1. The number of hydrazone groups is 1. The zero-order chi connectivity index (χ0) is 28.4. The minimum atomic E-state index is -0.355. The van der Waals surface area contributed by atoms with Gasteiger partial charge in [0.1, 0.15) is 23.8 Å². The van der Waals surface area contributed by atoms with Crippen LogP contribution in [0.2, 0.25) is 0 Å². The van der Waals surface area contributed by atoms with Crippen LogP contribution in [0.3, 0.4) is 0 Å². The van der Waals surface area contributed by atoms with Crippen molar-refractivity contribution in [2.45, 2.75) is 26.4 Å². The van der Waals surface area contributed by atoms with Gasteiger partial charge in [-0.15, -0.1) is 0 Å². The van der Waals surface area contributed by atoms with Crippen LogP contribution in [0, 0.1) is 0 Å². The van der Waals surface area contributed by atoms with Crippen molar-refractivity contribution in [3.8, 4) is 28.4 Å². The van der Waals surface area contributed by atoms with Gasteiger partial charge in [0.2, 0.25) is 0 Å². The van der Waals surface area contributed by atoms with Crippen LogP contribution >= 0.6 is 0 Å². The minimum absolute atomic E-state index is 0.140. The van der Waals surface area contributed by atoms with Gasteiger partial charge in [0.25, 0.3) is 5.91 Å². The van der Waals surface area contributed by atoms with E-state index in [1.54, 1.807) is 10.9 Å². The van der Waals surface area contributed by atoms with Crippen LogP contribution in [-0.2, 0) is 11.4 Å². The third-order valence-corrected chi connectivity index (χ3v) is 6.45. The zero-order valence-corrected chi connectivity index (χ0v) is 23.1. The summed E-state index contributed by atoms with van der Waals surface area (Å²) in [6.45, 7) is 4.62. The molecule has 7 heteroatoms. The fourth-order valence-corrected chi connectivity index (χ4v) is 4.17. The Morgan fingerprint density at radius 2 is 1.49 bits per heavy atom. The van der Waals surface area contributed by atoms with Gasteiger partial charge in [0.15, 0.2) is 6.61 Å². The molecule has 1 heterocycles. The molecule has 0 saturated carbocycles. The number of benzene rings is 4. The molecule has 1 N–H and O–H groups in total. The number of ether oxygens (including phenoxy) is 2. The molecule has 7 nitrogen and oxygen atoms in total. The van der Waals surface area contributed by atoms with Crippen molar-refractivity contribution < 1.29 is 14.3 Å². The molecule has 0 saturated heterocycles. The molecule has 1 amide bonds. The molecule has 0 aliphatic carbocycles. The summed E-state index contributed by atoms with van der Waals surface area (Å²) in [5.41, 5.74) is 8.15. The Kier molecular flexibility index (Phi) is 8.86. The van der Waals surface area contributed by atoms with E-state index in [9.17, 15) is 4.79 Å². The Labute approximate surface area is 240 Å². The molecular formula is C34H32N4O3. The highest BCUT2D eigenvalue weighted by molar-refractivity contribution is 5.89. The monoisotopic (exact) mass is 544 g/mol. The maximum atomic E-state index is 12.4. The lowest BCUT2D eigenvalue weighted by Crippen LogP contribution is -2.24. The van der Waals surface area contributed by atoms with Crippen LogP contribution in [0.4, 0.5) is 0 Å². The summed E-state index contributed by atoms with van der Waals surface area (Å²) in [4.78, 5) is 12.4. The molecule has 41 heavy (non-hydrogen) atoms. The van der Waals surface area contributed by atoms with Gasteiger partial charge in [-0.2, -0.15) is 10.2 Å². The third-order valence-electron chi connectivity index (χ3n) is 6.45. The van der Waals surface area contributed by atoms with E-state index in [-0.39, 0.29) is 12.5 Å². The second-order valence-electron chi connectivity index (χ2n) is 9.82. The van der Waals surface area contributed by atoms with E-state index in [1.165, 1.54) is 5.56 Å². The summed E-state index contributed by atoms with van der Waals surface area (Å²) >= 11 is 0. The number of carbonyl (C=O) groups is 1. The van der Waals surface area contributed by atoms with Crippen molar-refractivity contribution in [2.75, 3.05) is 6.61 Å². The van der Waals surface area contributed by atoms with Crippen LogP contribution in [0.25, 0.3) is 16.9 Å². The molecule has 5 aromatic rings. The number of rotatable bonds is 11. The molecule has 5 rings (SSSR count). The maximum absolute atomic E-state index is 12.4. The summed E-state index contributed by atoms with van der Waals surface area (Å²) < 4.78 is 13.3. The zero-order valence-electron chi connectivity index (χ0n) is 23.1. The van der Waals surface area contributed by atoms with Crippen molar-refractivity contribution in [1.82, 2.24) is 15.2 Å². The van der Waals surface area contributed by atoms with Crippen molar-refractivity contribution in [3.05, 3.63) is 132 Å². The van der Waals surface area contributed by atoms with Gasteiger partial charge in [0.05, 0.1) is 11.9 Å². The second kappa shape index (κ2) is 13.3. The minimum Gasteiger partial charge on any atom is -0.489 e. The van der Waals surface area contributed by atoms with Gasteiger partial charge in [-0.1, -0.05) is 74.5 Å². The van der Waals surface area contributed by atoms with Gasteiger partial charge in [-0.05, 0) is 65.6 Å². The lowest BCUT2D eigenvalue weighted by atomic mass is 10.0. The van der Waals surface area contributed by atoms with E-state index in [0.717, 1.165) is 33.8 Å². The van der Waals surface area contributed by atoms with E-state index in [0.29, 0.717) is 18.3 Å². The van der Waals surface area contributed by atoms with E-state index in [1.807, 2.05) is 115 Å². The predicted molar refractivity (Wildman–Crippen MR) is 162 cm³/mol. The molecule has 4 aromatic carbocycles. The molecule has 0 bridgehead atoms. The first kappa shape index (κ1) is 27.4. The highest BCUT2D eigenvalue weighted by atomic mass is 16.5. The van der Waals surface area contributed by atoms with E-state index in [4.69, 9.17) is 14.6 Å². The quantitative estimate of drug-likeness (QED) is 0.147. The molecule has 0 atom stereocenters. The number of para-hydroxylation sites is 1. The van der Waals surface area contributed by atoms with Crippen molar-refractivity contribution in [3.63, 3.8) is 0 Å². The average Bonchev–Trinajstić information content (AvgIpc) is 3.44. The standard InChI is InChI=1S/C34H32N4O3/c1-25(2)27-13-17-32(18-14-27)41-24-33(39)36-35-21-29-22-38(30-11-7-4-8-12-30)37-34(29)28-15-19-31(20-16-28)40-23-26-9-5-3-6-10-26/h3-22,25H,23-24H2,1-2H3,(H,36,39)/b35-21-. The molecule has 0 aliphatic heterocycles. The number of hydrogen-bond acceptors (Lipinski definition) is 5. The average molecular weight is 545 g/mol. The van der Waals surface area contributed by atoms with Crippen LogP contribution in [0.5, 0.6) is 11.5 Å². The van der Waals surface area contributed by atoms with Gasteiger partial charge in [0, 0.05) is 17.3 Å². The lowest BCUT2D eigenvalue weighted by Gasteiger charge is -2.08. The van der Waals surface area contributed by atoms with E-state index >= 15 is 0 Å². The second-order valence-corrected chi connectivity index (χ2v) is 9.82. The highest BCUT2D eigenvalue weighted by Crippen LogP contribution is 2.25. The van der Waals surface area contributed by atoms with Crippen molar-refractivity contribution in [2.24, 2.45) is 5.10 Å². The Morgan fingerprint density at radius 3 is 2.17 bits per heavy atom. The first-order chi connectivity index (χ1) is 20.0. The molecule has 1 aromatic heterocycles. The number of hydrogen-bond donors (Lipinski definition) is 1. The molecule has 0 fully saturated rings. The van der Waals surface area contributed by atoms with Crippen LogP contribution in [0.1, 0.15) is 36.5 Å². The number of nitrogens with one attached hydrogen (secondary N) is 1. The van der Waals surface area contributed by atoms with Gasteiger partial charge in [-0.25, -0.2) is 10.1 Å². The Bertz CT molecular complexity index is 1580. The van der Waals surface area contributed by atoms with Crippen LogP contribution in [-0.4, -0.2) is 28.5 Å². The summed E-state index contributed by atoms with van der Waals surface area (Å²) in [5.74, 6) is 1.48. The molecular weight excluding hydrogens is 512 g/mol. The number of amides is 1. The fourth-order valence-electron chi connectivity index (χ4n) is 4.17. The topological polar surface area (TPSA) is 77.7 Å². The van der Waals surface area contributed by atoms with Gasteiger partial charge < -0.3 is 9.47 Å². The molecule has 0 unspecified atom stereocenters. The normalized spacial score (nSPS) is 11.1. The summed E-state index contributed by atoms with van der Waals surface area (Å²) in [6.07, 6.45) is 3.48. The maximum Gasteiger partial charge on any atom is 0.277 e. The number of nitrogens with zero attached hydrogens (tertiary/aromatic N) is 3. The van der Waals surface area contributed by atoms with Gasteiger partial charge >= 0.3 is 0 Å². The molecule has 0 aliphatic rings. The number of carbonyl (C=O) groups excluding carboxylic acids is 1. The number of aromatic nitrogens is 2. The van der Waals surface area contributed by atoms with Crippen molar-refractivity contribution >= 4 is 12.1 Å². The van der Waals surface area contributed by atoms with Crippen LogP contribution in [0.15, 0.2) is 120 Å². The summed E-state index contributed by atoms with van der Waals surface area (Å²) in [5, 5.41) is 9.00. The Morgan fingerprint density at radius 1 is 0.854 bits per heavy atom. The highest BCUT2D eigenvalue weighted by Gasteiger charge is 2.12. The molecule has 206 valence electrons. The third kappa shape index (κ3) is 7.48. The first-order valence-electron chi connectivity index (χ1n) is 13.5. The fraction of sp³-hybridized carbons (Fsp3) is 0.147. The summed E-state index contributed by atoms with van der Waals surface area (Å²) in [6, 6.07) is 35.4.